The normalized spacial score (nSPS) is 19.7. The van der Waals surface area contributed by atoms with Crippen molar-refractivity contribution >= 4 is 5.91 Å². The fourth-order valence-corrected chi connectivity index (χ4v) is 2.04. The van der Waals surface area contributed by atoms with E-state index in [1.807, 2.05) is 7.05 Å². The van der Waals surface area contributed by atoms with Crippen molar-refractivity contribution in [3.8, 4) is 0 Å². The predicted molar refractivity (Wildman–Crippen MR) is 59.7 cm³/mol. The number of nitrogens with one attached hydrogen (secondary N) is 1. The molecule has 2 rings (SSSR count). The van der Waals surface area contributed by atoms with Gasteiger partial charge in [0.15, 0.2) is 0 Å². The molecular formula is C12H14F2N2O. The maximum absolute atomic E-state index is 13.0. The third-order valence-electron chi connectivity index (χ3n) is 2.99. The summed E-state index contributed by atoms with van der Waals surface area (Å²) in [6.07, 6.45) is 0.861. The van der Waals surface area contributed by atoms with Crippen LogP contribution in [0.1, 0.15) is 16.8 Å². The van der Waals surface area contributed by atoms with Crippen LogP contribution in [0.3, 0.4) is 0 Å². The van der Waals surface area contributed by atoms with Crippen LogP contribution in [0.15, 0.2) is 18.2 Å². The van der Waals surface area contributed by atoms with Crippen molar-refractivity contribution in [1.82, 2.24) is 10.2 Å². The molecule has 1 heterocycles. The van der Waals surface area contributed by atoms with Gasteiger partial charge in [0.25, 0.3) is 5.91 Å². The number of nitrogens with zero attached hydrogens (tertiary/aromatic N) is 1. The maximum Gasteiger partial charge on any atom is 0.254 e. The zero-order valence-corrected chi connectivity index (χ0v) is 9.54. The number of likely N-dealkylation sites (N-methyl/N-ethyl adjacent to an activating group) is 1. The zero-order valence-electron chi connectivity index (χ0n) is 9.54. The number of likely N-dealkylation sites (tertiary alicyclic amines) is 1. The molecule has 1 aromatic carbocycles. The van der Waals surface area contributed by atoms with E-state index in [0.29, 0.717) is 13.1 Å². The summed E-state index contributed by atoms with van der Waals surface area (Å²) in [5.74, 6) is -1.77. The lowest BCUT2D eigenvalue weighted by Crippen LogP contribution is -2.33. The van der Waals surface area contributed by atoms with E-state index in [4.69, 9.17) is 0 Å². The molecule has 92 valence electrons. The van der Waals surface area contributed by atoms with Gasteiger partial charge < -0.3 is 10.2 Å². The monoisotopic (exact) mass is 240 g/mol. The van der Waals surface area contributed by atoms with Crippen molar-refractivity contribution in [2.24, 2.45) is 0 Å². The highest BCUT2D eigenvalue weighted by molar-refractivity contribution is 5.94. The SMILES string of the molecule is CNC1CCN(C(=O)c2cc(F)cc(F)c2)C1. The van der Waals surface area contributed by atoms with Crippen molar-refractivity contribution in [2.75, 3.05) is 20.1 Å². The highest BCUT2D eigenvalue weighted by Gasteiger charge is 2.26. The van der Waals surface area contributed by atoms with Gasteiger partial charge in [-0.3, -0.25) is 4.79 Å². The molecule has 5 heteroatoms. The molecule has 0 aromatic heterocycles. The molecule has 3 nitrogen and oxygen atoms in total. The first-order valence-electron chi connectivity index (χ1n) is 5.53. The Hall–Kier alpha value is -1.49. The molecular weight excluding hydrogens is 226 g/mol. The summed E-state index contributed by atoms with van der Waals surface area (Å²) in [6, 6.07) is 3.16. The molecule has 1 fully saturated rings. The van der Waals surface area contributed by atoms with Crippen LogP contribution >= 0.6 is 0 Å². The van der Waals surface area contributed by atoms with Crippen molar-refractivity contribution in [3.63, 3.8) is 0 Å². The first-order chi connectivity index (χ1) is 8.10. The van der Waals surface area contributed by atoms with Crippen LogP contribution in [0.25, 0.3) is 0 Å². The van der Waals surface area contributed by atoms with Crippen molar-refractivity contribution in [2.45, 2.75) is 12.5 Å². The molecule has 0 saturated carbocycles. The fraction of sp³-hybridized carbons (Fsp3) is 0.417. The Balaban J connectivity index is 2.14. The number of carbonyl (C=O) groups excluding carboxylic acids is 1. The van der Waals surface area contributed by atoms with Gasteiger partial charge >= 0.3 is 0 Å². The standard InChI is InChI=1S/C12H14F2N2O/c1-15-11-2-3-16(7-11)12(17)8-4-9(13)6-10(14)5-8/h4-6,11,15H,2-3,7H2,1H3. The molecule has 0 aliphatic carbocycles. The van der Waals surface area contributed by atoms with Gasteiger partial charge in [0.2, 0.25) is 0 Å². The highest BCUT2D eigenvalue weighted by Crippen LogP contribution is 2.15. The largest absolute Gasteiger partial charge is 0.337 e. The highest BCUT2D eigenvalue weighted by atomic mass is 19.1. The second kappa shape index (κ2) is 4.79. The number of hydrogen-bond donors (Lipinski definition) is 1. The molecule has 1 unspecified atom stereocenters. The number of hydrogen-bond acceptors (Lipinski definition) is 2. The quantitative estimate of drug-likeness (QED) is 0.847. The first kappa shape index (κ1) is 12.0. The Labute approximate surface area is 98.4 Å². The van der Waals surface area contributed by atoms with Gasteiger partial charge in [-0.05, 0) is 25.6 Å². The van der Waals surface area contributed by atoms with Gasteiger partial charge in [0.05, 0.1) is 0 Å². The van der Waals surface area contributed by atoms with Gasteiger partial charge in [-0.25, -0.2) is 8.78 Å². The van der Waals surface area contributed by atoms with Crippen LogP contribution in [-0.4, -0.2) is 37.0 Å². The summed E-state index contributed by atoms with van der Waals surface area (Å²) in [4.78, 5) is 13.6. The van der Waals surface area contributed by atoms with E-state index >= 15 is 0 Å². The first-order valence-corrected chi connectivity index (χ1v) is 5.53. The smallest absolute Gasteiger partial charge is 0.254 e. The van der Waals surface area contributed by atoms with E-state index in [1.165, 1.54) is 0 Å². The molecule has 0 spiro atoms. The number of amides is 1. The minimum Gasteiger partial charge on any atom is -0.337 e. The van der Waals surface area contributed by atoms with E-state index in [2.05, 4.69) is 5.32 Å². The average molecular weight is 240 g/mol. The molecule has 0 bridgehead atoms. The predicted octanol–water partition coefficient (Wildman–Crippen LogP) is 1.40. The molecule has 1 aliphatic rings. The van der Waals surface area contributed by atoms with Crippen LogP contribution in [0.2, 0.25) is 0 Å². The zero-order chi connectivity index (χ0) is 12.4. The number of rotatable bonds is 2. The van der Waals surface area contributed by atoms with Crippen LogP contribution in [0, 0.1) is 11.6 Å². The molecule has 1 amide bonds. The third-order valence-corrected chi connectivity index (χ3v) is 2.99. The molecule has 1 N–H and O–H groups in total. The number of benzene rings is 1. The lowest BCUT2D eigenvalue weighted by Gasteiger charge is -2.16. The fourth-order valence-electron chi connectivity index (χ4n) is 2.04. The van der Waals surface area contributed by atoms with E-state index in [0.717, 1.165) is 24.6 Å². The Morgan fingerprint density at radius 2 is 2.00 bits per heavy atom. The second-order valence-corrected chi connectivity index (χ2v) is 4.18. The van der Waals surface area contributed by atoms with E-state index in [-0.39, 0.29) is 17.5 Å². The Bertz CT molecular complexity index is 416. The molecule has 17 heavy (non-hydrogen) atoms. The summed E-state index contributed by atoms with van der Waals surface area (Å²) in [6.45, 7) is 1.19. The third kappa shape index (κ3) is 2.61. The minimum absolute atomic E-state index is 0.0688. The Morgan fingerprint density at radius 3 is 2.53 bits per heavy atom. The van der Waals surface area contributed by atoms with Gasteiger partial charge in [0.1, 0.15) is 11.6 Å². The van der Waals surface area contributed by atoms with Gasteiger partial charge in [-0.15, -0.1) is 0 Å². The second-order valence-electron chi connectivity index (χ2n) is 4.18. The van der Waals surface area contributed by atoms with Crippen molar-refractivity contribution < 1.29 is 13.6 Å². The van der Waals surface area contributed by atoms with Crippen molar-refractivity contribution in [3.05, 3.63) is 35.4 Å². The van der Waals surface area contributed by atoms with E-state index in [9.17, 15) is 13.6 Å². The summed E-state index contributed by atoms with van der Waals surface area (Å²) < 4.78 is 26.0. The summed E-state index contributed by atoms with van der Waals surface area (Å²) >= 11 is 0. The van der Waals surface area contributed by atoms with E-state index < -0.39 is 11.6 Å². The van der Waals surface area contributed by atoms with Gasteiger partial charge in [-0.1, -0.05) is 0 Å². The van der Waals surface area contributed by atoms with Crippen molar-refractivity contribution in [1.29, 1.82) is 0 Å². The lowest BCUT2D eigenvalue weighted by molar-refractivity contribution is 0.0788. The maximum atomic E-state index is 13.0. The Kier molecular flexibility index (Phi) is 3.38. The molecule has 0 radical (unpaired) electrons. The summed E-state index contributed by atoms with van der Waals surface area (Å²) in [5, 5.41) is 3.08. The molecule has 1 atom stereocenters. The van der Waals surface area contributed by atoms with E-state index in [1.54, 1.807) is 4.90 Å². The van der Waals surface area contributed by atoms with Crippen LogP contribution in [0.5, 0.6) is 0 Å². The lowest BCUT2D eigenvalue weighted by atomic mass is 10.2. The minimum atomic E-state index is -0.724. The molecule has 1 saturated heterocycles. The van der Waals surface area contributed by atoms with Gasteiger partial charge in [0, 0.05) is 30.8 Å². The van der Waals surface area contributed by atoms with Crippen LogP contribution in [0.4, 0.5) is 8.78 Å². The number of carbonyl (C=O) groups is 1. The van der Waals surface area contributed by atoms with Gasteiger partial charge in [-0.2, -0.15) is 0 Å². The Morgan fingerprint density at radius 1 is 1.35 bits per heavy atom. The molecule has 1 aliphatic heterocycles. The summed E-state index contributed by atoms with van der Waals surface area (Å²) in [5.41, 5.74) is 0.0688. The van der Waals surface area contributed by atoms with Crippen LogP contribution in [-0.2, 0) is 0 Å². The summed E-state index contributed by atoms with van der Waals surface area (Å²) in [7, 11) is 1.83. The molecule has 1 aromatic rings. The van der Waals surface area contributed by atoms with Crippen LogP contribution < -0.4 is 5.32 Å². The number of halogens is 2. The average Bonchev–Trinajstić information content (AvgIpc) is 2.75. The topological polar surface area (TPSA) is 32.3 Å².